The topological polar surface area (TPSA) is 51.8 Å². The first-order chi connectivity index (χ1) is 8.06. The molecule has 90 valence electrons. The van der Waals surface area contributed by atoms with Crippen molar-refractivity contribution >= 4 is 27.3 Å². The molecule has 0 atom stereocenters. The lowest BCUT2D eigenvalue weighted by atomic mass is 10.1. The van der Waals surface area contributed by atoms with Crippen molar-refractivity contribution in [2.24, 2.45) is 0 Å². The number of hydrogen-bond acceptors (Lipinski definition) is 3. The van der Waals surface area contributed by atoms with Crippen LogP contribution in [0.15, 0.2) is 6.20 Å². The Hall–Kier alpha value is -1.28. The molecule has 0 radical (unpaired) electrons. The Labute approximate surface area is 106 Å². The van der Waals surface area contributed by atoms with Crippen LogP contribution >= 0.6 is 0 Å². The van der Waals surface area contributed by atoms with Crippen molar-refractivity contribution in [1.29, 1.82) is 0 Å². The van der Waals surface area contributed by atoms with Crippen molar-refractivity contribution in [3.05, 3.63) is 11.9 Å². The first kappa shape index (κ1) is 13.8. The highest BCUT2D eigenvalue weighted by Gasteiger charge is 2.24. The van der Waals surface area contributed by atoms with E-state index in [1.807, 2.05) is 7.85 Å². The Kier molecular flexibility index (Phi) is 4.76. The Morgan fingerprint density at radius 2 is 1.88 bits per heavy atom. The van der Waals surface area contributed by atoms with Gasteiger partial charge in [0.2, 0.25) is 0 Å². The van der Waals surface area contributed by atoms with Gasteiger partial charge in [0.1, 0.15) is 8.07 Å². The van der Waals surface area contributed by atoms with Gasteiger partial charge in [-0.1, -0.05) is 26.7 Å². The highest BCUT2D eigenvalue weighted by atomic mass is 28.3. The molecule has 0 aliphatic carbocycles. The molecule has 5 heteroatoms. The summed E-state index contributed by atoms with van der Waals surface area (Å²) in [7, 11) is 0.480. The Bertz CT molecular complexity index is 439. The fraction of sp³-hybridized carbons (Fsp3) is 0.500. The van der Waals surface area contributed by atoms with Crippen LogP contribution in [0.4, 0.5) is 5.82 Å². The number of nitrogens with two attached hydrogens (primary N) is 1. The van der Waals surface area contributed by atoms with Crippen molar-refractivity contribution in [2.75, 3.05) is 5.73 Å². The fourth-order valence-electron chi connectivity index (χ4n) is 1.79. The number of rotatable bonds is 3. The largest absolute Gasteiger partial charge is 0.381 e. The van der Waals surface area contributed by atoms with Gasteiger partial charge in [0.25, 0.3) is 0 Å². The molecule has 3 nitrogen and oxygen atoms in total. The maximum Gasteiger partial charge on any atom is 0.166 e. The average Bonchev–Trinajstić information content (AvgIpc) is 2.35. The number of nitrogens with zero attached hydrogens (tertiary/aromatic N) is 2. The standard InChI is InChI=1S/C12H20BN3Si/c1-4-17(5-2,6-3)8-7-10-12(14)15-9-11(13)16-10/h9H,4-6,13H2,1-3H3,(H2,14,15). The summed E-state index contributed by atoms with van der Waals surface area (Å²) in [6.45, 7) is 6.71. The van der Waals surface area contributed by atoms with Crippen molar-refractivity contribution in [3.8, 4) is 11.5 Å². The molecule has 2 N–H and O–H groups in total. The monoisotopic (exact) mass is 245 g/mol. The van der Waals surface area contributed by atoms with E-state index in [4.69, 9.17) is 5.73 Å². The molecule has 17 heavy (non-hydrogen) atoms. The van der Waals surface area contributed by atoms with Crippen LogP contribution in [0.2, 0.25) is 18.1 Å². The molecule has 0 amide bonds. The minimum absolute atomic E-state index is 0.439. The van der Waals surface area contributed by atoms with Crippen LogP contribution in [0.1, 0.15) is 26.5 Å². The van der Waals surface area contributed by atoms with Gasteiger partial charge in [-0.2, -0.15) is 0 Å². The molecule has 0 unspecified atom stereocenters. The molecule has 0 spiro atoms. The first-order valence-corrected chi connectivity index (χ1v) is 8.81. The van der Waals surface area contributed by atoms with E-state index >= 15 is 0 Å². The third-order valence-electron chi connectivity index (χ3n) is 3.40. The van der Waals surface area contributed by atoms with E-state index in [9.17, 15) is 0 Å². The van der Waals surface area contributed by atoms with Crippen LogP contribution in [0, 0.1) is 11.5 Å². The summed E-state index contributed by atoms with van der Waals surface area (Å²) in [5.41, 5.74) is 10.8. The molecule has 1 heterocycles. The number of hydrogen-bond donors (Lipinski definition) is 1. The Morgan fingerprint density at radius 3 is 2.41 bits per heavy atom. The van der Waals surface area contributed by atoms with Crippen molar-refractivity contribution < 1.29 is 0 Å². The molecule has 1 aromatic rings. The van der Waals surface area contributed by atoms with Gasteiger partial charge >= 0.3 is 0 Å². The molecule has 0 aliphatic rings. The average molecular weight is 245 g/mol. The molecule has 0 saturated heterocycles. The van der Waals surface area contributed by atoms with E-state index in [1.54, 1.807) is 6.20 Å². The lowest BCUT2D eigenvalue weighted by molar-refractivity contribution is 1.20. The third kappa shape index (κ3) is 3.34. The molecule has 0 saturated carbocycles. The van der Waals surface area contributed by atoms with Gasteiger partial charge < -0.3 is 5.73 Å². The summed E-state index contributed by atoms with van der Waals surface area (Å²) in [6.07, 6.45) is 1.67. The lowest BCUT2D eigenvalue weighted by Crippen LogP contribution is -2.29. The predicted molar refractivity (Wildman–Crippen MR) is 78.7 cm³/mol. The summed E-state index contributed by atoms with van der Waals surface area (Å²) >= 11 is 0. The first-order valence-electron chi connectivity index (χ1n) is 6.19. The normalized spacial score (nSPS) is 10.8. The molecular formula is C12H20BN3Si. The fourth-order valence-corrected chi connectivity index (χ4v) is 4.20. The van der Waals surface area contributed by atoms with E-state index < -0.39 is 8.07 Å². The number of anilines is 1. The second kappa shape index (κ2) is 5.87. The molecule has 0 bridgehead atoms. The van der Waals surface area contributed by atoms with Crippen molar-refractivity contribution in [3.63, 3.8) is 0 Å². The van der Waals surface area contributed by atoms with Crippen LogP contribution in [0.5, 0.6) is 0 Å². The van der Waals surface area contributed by atoms with Crippen LogP contribution in [-0.2, 0) is 0 Å². The molecule has 1 aromatic heterocycles. The van der Waals surface area contributed by atoms with Crippen LogP contribution in [0.3, 0.4) is 0 Å². The molecule has 0 aliphatic heterocycles. The summed E-state index contributed by atoms with van der Waals surface area (Å²) in [4.78, 5) is 8.42. The van der Waals surface area contributed by atoms with Crippen molar-refractivity contribution in [1.82, 2.24) is 9.97 Å². The summed E-state index contributed by atoms with van der Waals surface area (Å²) < 4.78 is 0. The molecule has 0 aromatic carbocycles. The minimum atomic E-state index is -1.42. The SMILES string of the molecule is Bc1cnc(N)c(C#C[Si](CC)(CC)CC)n1. The minimum Gasteiger partial charge on any atom is -0.381 e. The van der Waals surface area contributed by atoms with Gasteiger partial charge in [0, 0.05) is 11.8 Å². The summed E-state index contributed by atoms with van der Waals surface area (Å²) in [5.74, 6) is 3.60. The maximum absolute atomic E-state index is 5.78. The van der Waals surface area contributed by atoms with Gasteiger partial charge in [-0.3, -0.25) is 0 Å². The highest BCUT2D eigenvalue weighted by molar-refractivity contribution is 6.87. The second-order valence-electron chi connectivity index (χ2n) is 4.34. The third-order valence-corrected chi connectivity index (χ3v) is 8.11. The van der Waals surface area contributed by atoms with Crippen LogP contribution in [-0.4, -0.2) is 25.9 Å². The number of aromatic nitrogens is 2. The van der Waals surface area contributed by atoms with E-state index in [1.165, 1.54) is 18.1 Å². The summed E-state index contributed by atoms with van der Waals surface area (Å²) in [6, 6.07) is 3.56. The predicted octanol–water partition coefficient (Wildman–Crippen LogP) is 0.716. The molecule has 0 fully saturated rings. The van der Waals surface area contributed by atoms with E-state index in [2.05, 4.69) is 42.2 Å². The van der Waals surface area contributed by atoms with Crippen LogP contribution < -0.4 is 11.3 Å². The van der Waals surface area contributed by atoms with Gasteiger partial charge in [-0.15, -0.1) is 5.54 Å². The zero-order chi connectivity index (χ0) is 12.9. The number of nitrogen functional groups attached to an aromatic ring is 1. The summed E-state index contributed by atoms with van der Waals surface area (Å²) in [5, 5.41) is 0. The quantitative estimate of drug-likeness (QED) is 0.630. The van der Waals surface area contributed by atoms with Crippen molar-refractivity contribution in [2.45, 2.75) is 38.9 Å². The molecule has 1 rings (SSSR count). The maximum atomic E-state index is 5.78. The van der Waals surface area contributed by atoms with E-state index in [0.717, 1.165) is 5.59 Å². The van der Waals surface area contributed by atoms with Gasteiger partial charge in [0.15, 0.2) is 19.4 Å². The van der Waals surface area contributed by atoms with Crippen LogP contribution in [0.25, 0.3) is 0 Å². The van der Waals surface area contributed by atoms with Gasteiger partial charge in [-0.25, -0.2) is 9.97 Å². The second-order valence-corrected chi connectivity index (χ2v) is 9.27. The van der Waals surface area contributed by atoms with E-state index in [-0.39, 0.29) is 0 Å². The van der Waals surface area contributed by atoms with Gasteiger partial charge in [0.05, 0.1) is 0 Å². The zero-order valence-electron chi connectivity index (χ0n) is 11.2. The lowest BCUT2D eigenvalue weighted by Gasteiger charge is -2.19. The zero-order valence-corrected chi connectivity index (χ0v) is 12.2. The smallest absolute Gasteiger partial charge is 0.166 e. The highest BCUT2D eigenvalue weighted by Crippen LogP contribution is 2.19. The van der Waals surface area contributed by atoms with E-state index in [0.29, 0.717) is 11.5 Å². The Morgan fingerprint density at radius 1 is 1.29 bits per heavy atom. The Balaban J connectivity index is 3.08. The van der Waals surface area contributed by atoms with Gasteiger partial charge in [-0.05, 0) is 18.1 Å². The molecular weight excluding hydrogens is 225 g/mol.